The molecule has 4 nitrogen and oxygen atoms in total. The van der Waals surface area contributed by atoms with Crippen LogP contribution < -0.4 is 10.6 Å². The maximum absolute atomic E-state index is 12.1. The predicted octanol–water partition coefficient (Wildman–Crippen LogP) is 3.72. The fourth-order valence-electron chi connectivity index (χ4n) is 4.19. The van der Waals surface area contributed by atoms with Crippen LogP contribution in [0.2, 0.25) is 0 Å². The second-order valence-corrected chi connectivity index (χ2v) is 9.31. The molecular formula is C21H35Cl2N3OS. The number of nitrogens with one attached hydrogen (secondary N) is 2. The van der Waals surface area contributed by atoms with Crippen LogP contribution in [0.5, 0.6) is 0 Å². The number of amides is 1. The minimum absolute atomic E-state index is 0. The molecule has 3 rings (SSSR count). The molecule has 160 valence electrons. The second kappa shape index (κ2) is 13.0. The van der Waals surface area contributed by atoms with Gasteiger partial charge >= 0.3 is 0 Å². The summed E-state index contributed by atoms with van der Waals surface area (Å²) in [5.74, 6) is 3.93. The van der Waals surface area contributed by atoms with E-state index in [-0.39, 0.29) is 30.7 Å². The lowest BCUT2D eigenvalue weighted by Crippen LogP contribution is -2.41. The number of nitrogens with zero attached hydrogens (tertiary/aromatic N) is 1. The Bertz CT molecular complexity index is 572. The molecule has 2 fully saturated rings. The topological polar surface area (TPSA) is 44.4 Å². The SMILES string of the molecule is CC1CC(C)CN(Cc2ccc(CNC(=O)CC3CSCCN3)cc2)C1.Cl.Cl. The van der Waals surface area contributed by atoms with Gasteiger partial charge in [-0.1, -0.05) is 38.1 Å². The largest absolute Gasteiger partial charge is 0.352 e. The number of carbonyl (C=O) groups is 1. The first-order valence-electron chi connectivity index (χ1n) is 9.96. The molecule has 2 saturated heterocycles. The quantitative estimate of drug-likeness (QED) is 0.697. The van der Waals surface area contributed by atoms with Crippen LogP contribution in [0.4, 0.5) is 0 Å². The minimum atomic E-state index is 0. The summed E-state index contributed by atoms with van der Waals surface area (Å²) in [7, 11) is 0. The molecule has 1 aromatic carbocycles. The fourth-order valence-corrected chi connectivity index (χ4v) is 5.14. The van der Waals surface area contributed by atoms with E-state index in [0.29, 0.717) is 19.0 Å². The van der Waals surface area contributed by atoms with Gasteiger partial charge in [-0.25, -0.2) is 0 Å². The Morgan fingerprint density at radius 1 is 1.14 bits per heavy atom. The molecule has 28 heavy (non-hydrogen) atoms. The van der Waals surface area contributed by atoms with Gasteiger partial charge in [0.15, 0.2) is 0 Å². The van der Waals surface area contributed by atoms with Crippen LogP contribution in [0.3, 0.4) is 0 Å². The first kappa shape index (κ1) is 25.6. The Balaban J connectivity index is 0.00000196. The molecule has 0 bridgehead atoms. The van der Waals surface area contributed by atoms with Gasteiger partial charge in [-0.15, -0.1) is 24.8 Å². The molecule has 2 heterocycles. The number of benzene rings is 1. The van der Waals surface area contributed by atoms with Crippen LogP contribution >= 0.6 is 36.6 Å². The van der Waals surface area contributed by atoms with Crippen LogP contribution in [0.25, 0.3) is 0 Å². The van der Waals surface area contributed by atoms with E-state index < -0.39 is 0 Å². The predicted molar refractivity (Wildman–Crippen MR) is 125 cm³/mol. The third-order valence-corrected chi connectivity index (χ3v) is 6.42. The average Bonchev–Trinajstić information content (AvgIpc) is 2.61. The molecule has 7 heteroatoms. The van der Waals surface area contributed by atoms with Gasteiger partial charge in [0.1, 0.15) is 0 Å². The van der Waals surface area contributed by atoms with Gasteiger partial charge in [-0.05, 0) is 29.4 Å². The number of rotatable bonds is 6. The van der Waals surface area contributed by atoms with E-state index in [0.717, 1.165) is 36.4 Å². The second-order valence-electron chi connectivity index (χ2n) is 8.16. The van der Waals surface area contributed by atoms with Gasteiger partial charge < -0.3 is 10.6 Å². The van der Waals surface area contributed by atoms with E-state index in [1.807, 2.05) is 11.8 Å². The highest BCUT2D eigenvalue weighted by molar-refractivity contribution is 7.99. The minimum Gasteiger partial charge on any atom is -0.352 e. The standard InChI is InChI=1S/C21H33N3OS.2ClH/c1-16-9-17(2)13-24(12-16)14-19-5-3-18(4-6-19)11-23-21(25)10-20-15-26-8-7-22-20;;/h3-6,16-17,20,22H,7-15H2,1-2H3,(H,23,25);2*1H. The fraction of sp³-hybridized carbons (Fsp3) is 0.667. The average molecular weight is 449 g/mol. The highest BCUT2D eigenvalue weighted by Gasteiger charge is 2.21. The van der Waals surface area contributed by atoms with Crippen LogP contribution in [-0.2, 0) is 17.9 Å². The van der Waals surface area contributed by atoms with E-state index >= 15 is 0 Å². The normalized spacial score (nSPS) is 25.3. The molecule has 2 aliphatic heterocycles. The number of likely N-dealkylation sites (tertiary alicyclic amines) is 1. The number of hydrogen-bond donors (Lipinski definition) is 2. The summed E-state index contributed by atoms with van der Waals surface area (Å²) in [5.41, 5.74) is 2.54. The van der Waals surface area contributed by atoms with E-state index in [1.165, 1.54) is 30.6 Å². The van der Waals surface area contributed by atoms with Crippen LogP contribution in [0.15, 0.2) is 24.3 Å². The van der Waals surface area contributed by atoms with Crippen LogP contribution in [0.1, 0.15) is 37.8 Å². The smallest absolute Gasteiger partial charge is 0.221 e. The van der Waals surface area contributed by atoms with Gasteiger partial charge in [0.05, 0.1) is 0 Å². The maximum atomic E-state index is 12.1. The molecule has 1 aromatic rings. The third-order valence-electron chi connectivity index (χ3n) is 5.29. The van der Waals surface area contributed by atoms with E-state index in [9.17, 15) is 4.79 Å². The van der Waals surface area contributed by atoms with Crippen molar-refractivity contribution in [2.75, 3.05) is 31.1 Å². The molecule has 1 amide bonds. The van der Waals surface area contributed by atoms with Crippen molar-refractivity contribution < 1.29 is 4.79 Å². The molecule has 2 aliphatic rings. The summed E-state index contributed by atoms with van der Waals surface area (Å²) in [4.78, 5) is 14.7. The highest BCUT2D eigenvalue weighted by atomic mass is 35.5. The Kier molecular flexibility index (Phi) is 11.8. The lowest BCUT2D eigenvalue weighted by atomic mass is 9.91. The maximum Gasteiger partial charge on any atom is 0.221 e. The third kappa shape index (κ3) is 8.50. The first-order valence-corrected chi connectivity index (χ1v) is 11.1. The van der Waals surface area contributed by atoms with Crippen molar-refractivity contribution in [3.05, 3.63) is 35.4 Å². The van der Waals surface area contributed by atoms with Gasteiger partial charge in [0.2, 0.25) is 5.91 Å². The number of halogens is 2. The summed E-state index contributed by atoms with van der Waals surface area (Å²) in [6.07, 6.45) is 1.93. The number of piperidine rings is 1. The lowest BCUT2D eigenvalue weighted by molar-refractivity contribution is -0.121. The summed E-state index contributed by atoms with van der Waals surface area (Å²) >= 11 is 1.93. The van der Waals surface area contributed by atoms with Crippen molar-refractivity contribution in [3.8, 4) is 0 Å². The van der Waals surface area contributed by atoms with Crippen molar-refractivity contribution >= 4 is 42.5 Å². The molecule has 2 N–H and O–H groups in total. The van der Waals surface area contributed by atoms with E-state index in [2.05, 4.69) is 53.6 Å². The summed E-state index contributed by atoms with van der Waals surface area (Å²) < 4.78 is 0. The Labute approximate surface area is 186 Å². The number of thioether (sulfide) groups is 1. The van der Waals surface area contributed by atoms with Gasteiger partial charge in [-0.2, -0.15) is 11.8 Å². The zero-order valence-electron chi connectivity index (χ0n) is 17.0. The zero-order valence-corrected chi connectivity index (χ0v) is 19.4. The Morgan fingerprint density at radius 3 is 2.39 bits per heavy atom. The molecule has 0 aliphatic carbocycles. The van der Waals surface area contributed by atoms with Crippen molar-refractivity contribution in [2.24, 2.45) is 11.8 Å². The number of hydrogen-bond acceptors (Lipinski definition) is 4. The van der Waals surface area contributed by atoms with Gasteiger partial charge in [0.25, 0.3) is 0 Å². The van der Waals surface area contributed by atoms with Crippen molar-refractivity contribution in [3.63, 3.8) is 0 Å². The van der Waals surface area contributed by atoms with Crippen molar-refractivity contribution in [1.29, 1.82) is 0 Å². The van der Waals surface area contributed by atoms with Crippen molar-refractivity contribution in [1.82, 2.24) is 15.5 Å². The first-order chi connectivity index (χ1) is 12.6. The Hall–Kier alpha value is -0.460. The van der Waals surface area contributed by atoms with Crippen molar-refractivity contribution in [2.45, 2.75) is 45.8 Å². The molecule has 0 saturated carbocycles. The van der Waals surface area contributed by atoms with Gasteiger partial charge in [0, 0.05) is 56.7 Å². The molecule has 0 aromatic heterocycles. The lowest BCUT2D eigenvalue weighted by Gasteiger charge is -2.35. The Morgan fingerprint density at radius 2 is 1.79 bits per heavy atom. The highest BCUT2D eigenvalue weighted by Crippen LogP contribution is 2.22. The zero-order chi connectivity index (χ0) is 18.4. The molecule has 0 radical (unpaired) electrons. The molecular weight excluding hydrogens is 413 g/mol. The summed E-state index contributed by atoms with van der Waals surface area (Å²) in [5, 5.41) is 6.47. The number of carbonyl (C=O) groups excluding carboxylic acids is 1. The monoisotopic (exact) mass is 447 g/mol. The molecule has 0 spiro atoms. The summed E-state index contributed by atoms with van der Waals surface area (Å²) in [6.45, 7) is 9.79. The van der Waals surface area contributed by atoms with Crippen LogP contribution in [-0.4, -0.2) is 48.0 Å². The molecule has 3 atom stereocenters. The summed E-state index contributed by atoms with van der Waals surface area (Å²) in [6, 6.07) is 9.06. The van der Waals surface area contributed by atoms with E-state index in [4.69, 9.17) is 0 Å². The van der Waals surface area contributed by atoms with Crippen LogP contribution in [0, 0.1) is 11.8 Å². The van der Waals surface area contributed by atoms with Gasteiger partial charge in [-0.3, -0.25) is 9.69 Å². The van der Waals surface area contributed by atoms with E-state index in [1.54, 1.807) is 0 Å². The molecule has 3 unspecified atom stereocenters.